The Kier molecular flexibility index (Phi) is 2.81. The van der Waals surface area contributed by atoms with E-state index in [0.717, 1.165) is 5.56 Å². The van der Waals surface area contributed by atoms with Crippen LogP contribution < -0.4 is 10.2 Å². The van der Waals surface area contributed by atoms with E-state index < -0.39 is 5.91 Å². The molecule has 1 heterocycles. The lowest BCUT2D eigenvalue weighted by molar-refractivity contribution is 0.0697. The van der Waals surface area contributed by atoms with Gasteiger partial charge in [-0.3, -0.25) is 10.0 Å². The maximum atomic E-state index is 11.0. The molecule has 0 radical (unpaired) electrons. The van der Waals surface area contributed by atoms with Crippen LogP contribution in [0.1, 0.15) is 16.1 Å². The molecule has 0 fully saturated rings. The first-order chi connectivity index (χ1) is 6.19. The molecule has 0 aliphatic heterocycles. The molecule has 1 amide bonds. The third kappa shape index (κ3) is 1.94. The van der Waals surface area contributed by atoms with Crippen LogP contribution in [0.5, 0.6) is 5.75 Å². The van der Waals surface area contributed by atoms with Gasteiger partial charge in [-0.2, -0.15) is 0 Å². The van der Waals surface area contributed by atoms with Crippen molar-refractivity contribution >= 4 is 5.91 Å². The quantitative estimate of drug-likeness (QED) is 0.516. The predicted octanol–water partition coefficient (Wildman–Crippen LogP) is 0.518. The number of amides is 1. The van der Waals surface area contributed by atoms with Crippen molar-refractivity contribution in [2.24, 2.45) is 0 Å². The SMILES string of the molecule is COc1cc(C)cnc1C(=O)NO. The van der Waals surface area contributed by atoms with Gasteiger partial charge in [0, 0.05) is 6.20 Å². The lowest BCUT2D eigenvalue weighted by atomic mass is 10.2. The molecule has 1 aromatic heterocycles. The molecular weight excluding hydrogens is 172 g/mol. The van der Waals surface area contributed by atoms with Crippen LogP contribution in [0.2, 0.25) is 0 Å². The molecule has 5 heteroatoms. The highest BCUT2D eigenvalue weighted by Gasteiger charge is 2.12. The van der Waals surface area contributed by atoms with Gasteiger partial charge in [-0.25, -0.2) is 10.5 Å². The van der Waals surface area contributed by atoms with Crippen molar-refractivity contribution in [2.75, 3.05) is 7.11 Å². The Morgan fingerprint density at radius 2 is 2.38 bits per heavy atom. The fourth-order valence-electron chi connectivity index (χ4n) is 0.921. The minimum Gasteiger partial charge on any atom is -0.494 e. The number of pyridine rings is 1. The van der Waals surface area contributed by atoms with E-state index >= 15 is 0 Å². The van der Waals surface area contributed by atoms with Gasteiger partial charge in [0.25, 0.3) is 5.91 Å². The van der Waals surface area contributed by atoms with Crippen molar-refractivity contribution in [3.05, 3.63) is 23.5 Å². The predicted molar refractivity (Wildman–Crippen MR) is 44.8 cm³/mol. The van der Waals surface area contributed by atoms with E-state index in [2.05, 4.69) is 4.98 Å². The molecule has 0 spiro atoms. The molecule has 0 saturated carbocycles. The van der Waals surface area contributed by atoms with E-state index in [1.165, 1.54) is 18.8 Å². The second-order valence-electron chi connectivity index (χ2n) is 2.50. The summed E-state index contributed by atoms with van der Waals surface area (Å²) < 4.78 is 4.91. The fraction of sp³-hybridized carbons (Fsp3) is 0.250. The average Bonchev–Trinajstić information content (AvgIpc) is 2.16. The molecule has 0 aromatic carbocycles. The van der Waals surface area contributed by atoms with Gasteiger partial charge in [-0.15, -0.1) is 0 Å². The van der Waals surface area contributed by atoms with Gasteiger partial charge in [0.05, 0.1) is 7.11 Å². The van der Waals surface area contributed by atoms with Crippen molar-refractivity contribution < 1.29 is 14.7 Å². The Hall–Kier alpha value is -1.62. The summed E-state index contributed by atoms with van der Waals surface area (Å²) in [6, 6.07) is 1.66. The van der Waals surface area contributed by atoms with Crippen LogP contribution in [0.15, 0.2) is 12.3 Å². The minimum atomic E-state index is -0.683. The molecule has 0 aliphatic rings. The number of methoxy groups -OCH3 is 1. The summed E-state index contributed by atoms with van der Waals surface area (Å²) in [6.45, 7) is 1.83. The van der Waals surface area contributed by atoms with E-state index in [-0.39, 0.29) is 5.69 Å². The number of carbonyl (C=O) groups is 1. The van der Waals surface area contributed by atoms with Crippen LogP contribution in [0.25, 0.3) is 0 Å². The summed E-state index contributed by atoms with van der Waals surface area (Å²) in [4.78, 5) is 14.8. The standard InChI is InChI=1S/C8H10N2O3/c1-5-3-6(13-2)7(9-4-5)8(11)10-12/h3-4,12H,1-2H3,(H,10,11). The van der Waals surface area contributed by atoms with E-state index in [0.29, 0.717) is 5.75 Å². The van der Waals surface area contributed by atoms with Crippen LogP contribution in [0.4, 0.5) is 0 Å². The van der Waals surface area contributed by atoms with Crippen molar-refractivity contribution in [1.82, 2.24) is 10.5 Å². The number of aromatic nitrogens is 1. The van der Waals surface area contributed by atoms with E-state index in [4.69, 9.17) is 9.94 Å². The fourth-order valence-corrected chi connectivity index (χ4v) is 0.921. The molecule has 0 bridgehead atoms. The summed E-state index contributed by atoms with van der Waals surface area (Å²) in [7, 11) is 1.44. The zero-order valence-electron chi connectivity index (χ0n) is 7.37. The van der Waals surface area contributed by atoms with Crippen molar-refractivity contribution in [2.45, 2.75) is 6.92 Å². The highest BCUT2D eigenvalue weighted by atomic mass is 16.5. The second kappa shape index (κ2) is 3.86. The normalized spacial score (nSPS) is 9.46. The number of nitrogens with zero attached hydrogens (tertiary/aromatic N) is 1. The summed E-state index contributed by atoms with van der Waals surface area (Å²) in [5, 5.41) is 8.38. The highest BCUT2D eigenvalue weighted by molar-refractivity contribution is 5.94. The maximum Gasteiger partial charge on any atom is 0.297 e. The monoisotopic (exact) mass is 182 g/mol. The number of rotatable bonds is 2. The number of aryl methyl sites for hydroxylation is 1. The Morgan fingerprint density at radius 1 is 1.69 bits per heavy atom. The Bertz CT molecular complexity index is 325. The Balaban J connectivity index is 3.13. The third-order valence-electron chi connectivity index (χ3n) is 1.53. The van der Waals surface area contributed by atoms with Gasteiger partial charge in [0.15, 0.2) is 11.4 Å². The van der Waals surface area contributed by atoms with Crippen molar-refractivity contribution in [1.29, 1.82) is 0 Å². The van der Waals surface area contributed by atoms with Crippen molar-refractivity contribution in [3.8, 4) is 5.75 Å². The van der Waals surface area contributed by atoms with Crippen LogP contribution in [0, 0.1) is 6.92 Å². The van der Waals surface area contributed by atoms with Gasteiger partial charge < -0.3 is 4.74 Å². The largest absolute Gasteiger partial charge is 0.494 e. The van der Waals surface area contributed by atoms with Crippen molar-refractivity contribution in [3.63, 3.8) is 0 Å². The third-order valence-corrected chi connectivity index (χ3v) is 1.53. The summed E-state index contributed by atoms with van der Waals surface area (Å²) in [5.74, 6) is -0.344. The second-order valence-corrected chi connectivity index (χ2v) is 2.50. The molecule has 0 aliphatic carbocycles. The first-order valence-electron chi connectivity index (χ1n) is 3.64. The number of hydroxylamine groups is 1. The molecule has 2 N–H and O–H groups in total. The zero-order chi connectivity index (χ0) is 9.84. The van der Waals surface area contributed by atoms with E-state index in [9.17, 15) is 4.79 Å². The Morgan fingerprint density at radius 3 is 2.92 bits per heavy atom. The van der Waals surface area contributed by atoms with Crippen LogP contribution in [-0.2, 0) is 0 Å². The molecule has 1 rings (SSSR count). The van der Waals surface area contributed by atoms with E-state index in [1.807, 2.05) is 6.92 Å². The molecular formula is C8H10N2O3. The molecule has 0 saturated heterocycles. The number of hydrogen-bond donors (Lipinski definition) is 2. The summed E-state index contributed by atoms with van der Waals surface area (Å²) in [5.41, 5.74) is 2.44. The molecule has 5 nitrogen and oxygen atoms in total. The van der Waals surface area contributed by atoms with Crippen LogP contribution in [0.3, 0.4) is 0 Å². The van der Waals surface area contributed by atoms with Gasteiger partial charge in [0.1, 0.15) is 0 Å². The first kappa shape index (κ1) is 9.47. The van der Waals surface area contributed by atoms with Crippen LogP contribution >= 0.6 is 0 Å². The zero-order valence-corrected chi connectivity index (χ0v) is 7.37. The van der Waals surface area contributed by atoms with E-state index in [1.54, 1.807) is 6.07 Å². The lowest BCUT2D eigenvalue weighted by Gasteiger charge is -2.05. The topological polar surface area (TPSA) is 71.5 Å². The van der Waals surface area contributed by atoms with Crippen LogP contribution in [-0.4, -0.2) is 23.2 Å². The number of ether oxygens (including phenoxy) is 1. The molecule has 13 heavy (non-hydrogen) atoms. The first-order valence-corrected chi connectivity index (χ1v) is 3.64. The number of hydrogen-bond acceptors (Lipinski definition) is 4. The smallest absolute Gasteiger partial charge is 0.297 e. The maximum absolute atomic E-state index is 11.0. The average molecular weight is 182 g/mol. The van der Waals surface area contributed by atoms with Gasteiger partial charge >= 0.3 is 0 Å². The van der Waals surface area contributed by atoms with Gasteiger partial charge in [-0.05, 0) is 18.6 Å². The molecule has 1 aromatic rings. The number of nitrogens with one attached hydrogen (secondary N) is 1. The highest BCUT2D eigenvalue weighted by Crippen LogP contribution is 2.16. The van der Waals surface area contributed by atoms with Gasteiger partial charge in [-0.1, -0.05) is 0 Å². The van der Waals surface area contributed by atoms with Gasteiger partial charge in [0.2, 0.25) is 0 Å². The summed E-state index contributed by atoms with van der Waals surface area (Å²) >= 11 is 0. The summed E-state index contributed by atoms with van der Waals surface area (Å²) in [6.07, 6.45) is 1.52. The Labute approximate surface area is 75.3 Å². The minimum absolute atomic E-state index is 0.0654. The molecule has 0 unspecified atom stereocenters. The number of carbonyl (C=O) groups excluding carboxylic acids is 1. The molecule has 70 valence electrons. The molecule has 0 atom stereocenters. The lowest BCUT2D eigenvalue weighted by Crippen LogP contribution is -2.20.